The van der Waals surface area contributed by atoms with Crippen molar-refractivity contribution in [3.05, 3.63) is 29.3 Å². The summed E-state index contributed by atoms with van der Waals surface area (Å²) in [6.45, 7) is 8.68. The highest BCUT2D eigenvalue weighted by molar-refractivity contribution is 5.98. The summed E-state index contributed by atoms with van der Waals surface area (Å²) in [5.41, 5.74) is 3.88. The molecule has 1 aromatic rings. The number of aryl methyl sites for hydroxylation is 1. The Morgan fingerprint density at radius 2 is 2.12 bits per heavy atom. The number of carbonyl (C=O) groups excluding carboxylic acids is 1. The van der Waals surface area contributed by atoms with E-state index in [0.29, 0.717) is 17.9 Å². The average Bonchev–Trinajstić information content (AvgIpc) is 2.88. The highest BCUT2D eigenvalue weighted by Gasteiger charge is 2.44. The van der Waals surface area contributed by atoms with Gasteiger partial charge in [-0.2, -0.15) is 0 Å². The molecule has 0 radical (unpaired) electrons. The van der Waals surface area contributed by atoms with Crippen LogP contribution in [-0.2, 0) is 4.79 Å². The van der Waals surface area contributed by atoms with Gasteiger partial charge in [0, 0.05) is 30.1 Å². The first kappa shape index (κ1) is 17.5. The molecule has 0 bridgehead atoms. The minimum Gasteiger partial charge on any atom is -0.308 e. The lowest BCUT2D eigenvalue weighted by molar-refractivity contribution is -0.123. The molecule has 3 nitrogen and oxygen atoms in total. The van der Waals surface area contributed by atoms with Crippen LogP contribution in [0.3, 0.4) is 0 Å². The molecule has 1 amide bonds. The number of rotatable bonds is 5. The number of hydrogen-bond acceptors (Lipinski definition) is 2. The predicted molar refractivity (Wildman–Crippen MR) is 101 cm³/mol. The molecular weight excluding hydrogens is 296 g/mol. The van der Waals surface area contributed by atoms with E-state index in [4.69, 9.17) is 0 Å². The Hall–Kier alpha value is -1.35. The molecule has 132 valence electrons. The predicted octanol–water partition coefficient (Wildman–Crippen LogP) is 4.35. The smallest absolute Gasteiger partial charge is 0.230 e. The van der Waals surface area contributed by atoms with Crippen LogP contribution in [0.4, 0.5) is 5.69 Å². The number of fused-ring (bicyclic) bond motifs is 3. The van der Waals surface area contributed by atoms with Crippen molar-refractivity contribution in [2.75, 3.05) is 25.0 Å². The standard InChI is InChI=1S/C21H32N2O/c1-5-7-8-16(6-2)21(24)23-19-10-9-15(3)13-17(19)18-14-22(4)12-11-20(18)23/h9-10,13,16,18,20H,5-8,11-12,14H2,1-4H3/t16?,18-,20-/m1/s1. The van der Waals surface area contributed by atoms with Gasteiger partial charge in [0.15, 0.2) is 0 Å². The maximum atomic E-state index is 13.4. The first-order valence-electron chi connectivity index (χ1n) is 9.69. The van der Waals surface area contributed by atoms with Gasteiger partial charge < -0.3 is 9.80 Å². The van der Waals surface area contributed by atoms with E-state index in [1.165, 1.54) is 16.8 Å². The summed E-state index contributed by atoms with van der Waals surface area (Å²) in [4.78, 5) is 18.0. The van der Waals surface area contributed by atoms with E-state index >= 15 is 0 Å². The van der Waals surface area contributed by atoms with Crippen LogP contribution in [0.1, 0.15) is 63.0 Å². The van der Waals surface area contributed by atoms with Gasteiger partial charge in [0.2, 0.25) is 5.91 Å². The number of nitrogens with zero attached hydrogens (tertiary/aromatic N) is 2. The van der Waals surface area contributed by atoms with Crippen molar-refractivity contribution < 1.29 is 4.79 Å². The Morgan fingerprint density at radius 3 is 2.83 bits per heavy atom. The zero-order valence-electron chi connectivity index (χ0n) is 15.7. The molecule has 2 heterocycles. The van der Waals surface area contributed by atoms with Crippen molar-refractivity contribution in [1.29, 1.82) is 0 Å². The van der Waals surface area contributed by atoms with Gasteiger partial charge in [-0.3, -0.25) is 4.79 Å². The van der Waals surface area contributed by atoms with Gasteiger partial charge >= 0.3 is 0 Å². The molecule has 0 N–H and O–H groups in total. The normalized spacial score (nSPS) is 24.6. The number of piperidine rings is 1. The van der Waals surface area contributed by atoms with Crippen LogP contribution < -0.4 is 4.90 Å². The Morgan fingerprint density at radius 1 is 1.33 bits per heavy atom. The van der Waals surface area contributed by atoms with E-state index in [2.05, 4.69) is 55.8 Å². The summed E-state index contributed by atoms with van der Waals surface area (Å²) >= 11 is 0. The van der Waals surface area contributed by atoms with Gasteiger partial charge in [-0.1, -0.05) is 44.4 Å². The summed E-state index contributed by atoms with van der Waals surface area (Å²) in [5.74, 6) is 1.02. The second-order valence-corrected chi connectivity index (χ2v) is 7.74. The van der Waals surface area contributed by atoms with Gasteiger partial charge in [-0.05, 0) is 51.4 Å². The van der Waals surface area contributed by atoms with Crippen LogP contribution in [-0.4, -0.2) is 37.0 Å². The first-order valence-corrected chi connectivity index (χ1v) is 9.69. The molecule has 0 saturated carbocycles. The lowest BCUT2D eigenvalue weighted by Crippen LogP contribution is -2.48. The largest absolute Gasteiger partial charge is 0.308 e. The van der Waals surface area contributed by atoms with Crippen molar-refractivity contribution in [2.24, 2.45) is 5.92 Å². The Bertz CT molecular complexity index is 598. The van der Waals surface area contributed by atoms with Crippen LogP contribution in [0, 0.1) is 12.8 Å². The zero-order valence-corrected chi connectivity index (χ0v) is 15.7. The minimum absolute atomic E-state index is 0.178. The summed E-state index contributed by atoms with van der Waals surface area (Å²) in [7, 11) is 2.20. The highest BCUT2D eigenvalue weighted by Crippen LogP contribution is 2.45. The second-order valence-electron chi connectivity index (χ2n) is 7.74. The molecule has 0 aliphatic carbocycles. The molecule has 3 rings (SSSR count). The maximum Gasteiger partial charge on any atom is 0.230 e. The van der Waals surface area contributed by atoms with Gasteiger partial charge in [0.1, 0.15) is 0 Å². The number of benzene rings is 1. The van der Waals surface area contributed by atoms with Crippen molar-refractivity contribution in [1.82, 2.24) is 4.90 Å². The number of carbonyl (C=O) groups is 1. The summed E-state index contributed by atoms with van der Waals surface area (Å²) in [6, 6.07) is 7.02. The molecule has 0 aromatic heterocycles. The van der Waals surface area contributed by atoms with Gasteiger partial charge in [-0.25, -0.2) is 0 Å². The fourth-order valence-corrected chi connectivity index (χ4v) is 4.52. The van der Waals surface area contributed by atoms with E-state index in [1.54, 1.807) is 0 Å². The number of hydrogen-bond donors (Lipinski definition) is 0. The lowest BCUT2D eigenvalue weighted by Gasteiger charge is -2.37. The maximum absolute atomic E-state index is 13.4. The van der Waals surface area contributed by atoms with Crippen LogP contribution in [0.25, 0.3) is 0 Å². The van der Waals surface area contributed by atoms with E-state index in [9.17, 15) is 4.79 Å². The fourth-order valence-electron chi connectivity index (χ4n) is 4.52. The minimum atomic E-state index is 0.178. The van der Waals surface area contributed by atoms with Gasteiger partial charge in [0.05, 0.1) is 0 Å². The van der Waals surface area contributed by atoms with Crippen molar-refractivity contribution in [3.8, 4) is 0 Å². The summed E-state index contributed by atoms with van der Waals surface area (Å²) in [6.07, 6.45) is 5.38. The molecule has 2 aliphatic heterocycles. The molecule has 3 heteroatoms. The lowest BCUT2D eigenvalue weighted by atomic mass is 9.88. The molecule has 0 spiro atoms. The molecule has 1 unspecified atom stereocenters. The second kappa shape index (κ2) is 7.26. The number of unbranched alkanes of at least 4 members (excludes halogenated alkanes) is 1. The van der Waals surface area contributed by atoms with Crippen LogP contribution in [0.5, 0.6) is 0 Å². The third kappa shape index (κ3) is 3.11. The van der Waals surface area contributed by atoms with E-state index < -0.39 is 0 Å². The first-order chi connectivity index (χ1) is 11.6. The number of likely N-dealkylation sites (N-methyl/N-ethyl adjacent to an activating group) is 1. The molecule has 24 heavy (non-hydrogen) atoms. The fraction of sp³-hybridized carbons (Fsp3) is 0.667. The number of likely N-dealkylation sites (tertiary alicyclic amines) is 1. The third-order valence-electron chi connectivity index (χ3n) is 5.94. The van der Waals surface area contributed by atoms with Crippen LogP contribution in [0.2, 0.25) is 0 Å². The van der Waals surface area contributed by atoms with Crippen molar-refractivity contribution in [3.63, 3.8) is 0 Å². The van der Waals surface area contributed by atoms with Crippen molar-refractivity contribution in [2.45, 2.75) is 64.8 Å². The SMILES string of the molecule is CCCCC(CC)C(=O)N1c2ccc(C)cc2[C@H]2CN(C)CC[C@H]21. The monoisotopic (exact) mass is 328 g/mol. The topological polar surface area (TPSA) is 23.6 Å². The zero-order chi connectivity index (χ0) is 17.3. The number of amides is 1. The third-order valence-corrected chi connectivity index (χ3v) is 5.94. The molecule has 1 fully saturated rings. The molecule has 1 saturated heterocycles. The Labute approximate surface area is 147 Å². The van der Waals surface area contributed by atoms with Gasteiger partial charge in [0.25, 0.3) is 0 Å². The molecule has 2 aliphatic rings. The van der Waals surface area contributed by atoms with Crippen LogP contribution in [0.15, 0.2) is 18.2 Å². The summed E-state index contributed by atoms with van der Waals surface area (Å²) in [5, 5.41) is 0. The molecular formula is C21H32N2O. The Balaban J connectivity index is 1.93. The molecule has 3 atom stereocenters. The average molecular weight is 329 g/mol. The van der Waals surface area contributed by atoms with E-state index in [0.717, 1.165) is 45.2 Å². The van der Waals surface area contributed by atoms with E-state index in [-0.39, 0.29) is 5.92 Å². The Kier molecular flexibility index (Phi) is 5.29. The number of anilines is 1. The van der Waals surface area contributed by atoms with Crippen molar-refractivity contribution >= 4 is 11.6 Å². The highest BCUT2D eigenvalue weighted by atomic mass is 16.2. The summed E-state index contributed by atoms with van der Waals surface area (Å²) < 4.78 is 0. The quantitative estimate of drug-likeness (QED) is 0.802. The molecule has 1 aromatic carbocycles. The van der Waals surface area contributed by atoms with E-state index in [1.807, 2.05) is 0 Å². The van der Waals surface area contributed by atoms with Gasteiger partial charge in [-0.15, -0.1) is 0 Å². The van der Waals surface area contributed by atoms with Crippen LogP contribution >= 0.6 is 0 Å².